The lowest BCUT2D eigenvalue weighted by atomic mass is 10.0. The van der Waals surface area contributed by atoms with E-state index in [9.17, 15) is 9.18 Å². The fraction of sp³-hybridized carbons (Fsp3) is 0.381. The molecule has 0 aliphatic heterocycles. The van der Waals surface area contributed by atoms with Crippen molar-refractivity contribution in [3.63, 3.8) is 0 Å². The van der Waals surface area contributed by atoms with E-state index in [0.29, 0.717) is 18.1 Å². The molecule has 154 valence electrons. The van der Waals surface area contributed by atoms with E-state index in [1.54, 1.807) is 32.3 Å². The Kier molecular flexibility index (Phi) is 10.3. The SMILES string of the molecule is CCCNC(CCOc1ccc(F)cc1)c1cccc(OC(=O)N(C)C)c1.Cl. The summed E-state index contributed by atoms with van der Waals surface area (Å²) in [4.78, 5) is 13.1. The van der Waals surface area contributed by atoms with Crippen LogP contribution in [0.2, 0.25) is 0 Å². The van der Waals surface area contributed by atoms with Crippen LogP contribution in [0.1, 0.15) is 31.4 Å². The van der Waals surface area contributed by atoms with Gasteiger partial charge in [-0.25, -0.2) is 9.18 Å². The Morgan fingerprint density at radius 3 is 2.50 bits per heavy atom. The number of rotatable bonds is 9. The number of ether oxygens (including phenoxy) is 2. The Labute approximate surface area is 172 Å². The van der Waals surface area contributed by atoms with E-state index in [2.05, 4.69) is 12.2 Å². The Bertz CT molecular complexity index is 726. The summed E-state index contributed by atoms with van der Waals surface area (Å²) in [5.41, 5.74) is 1.02. The molecule has 0 saturated heterocycles. The molecular weight excluding hydrogens is 383 g/mol. The molecule has 2 rings (SSSR count). The predicted octanol–water partition coefficient (Wildman–Crippen LogP) is 4.82. The van der Waals surface area contributed by atoms with Crippen LogP contribution in [0.15, 0.2) is 48.5 Å². The monoisotopic (exact) mass is 410 g/mol. The second-order valence-corrected chi connectivity index (χ2v) is 6.43. The van der Waals surface area contributed by atoms with Crippen LogP contribution in [-0.4, -0.2) is 38.2 Å². The molecule has 0 heterocycles. The summed E-state index contributed by atoms with van der Waals surface area (Å²) in [5, 5.41) is 3.49. The Morgan fingerprint density at radius 2 is 1.86 bits per heavy atom. The number of carbonyl (C=O) groups is 1. The van der Waals surface area contributed by atoms with Crippen LogP contribution in [0.5, 0.6) is 11.5 Å². The van der Waals surface area contributed by atoms with Crippen LogP contribution in [0, 0.1) is 5.82 Å². The highest BCUT2D eigenvalue weighted by molar-refractivity contribution is 5.85. The van der Waals surface area contributed by atoms with Crippen molar-refractivity contribution in [1.82, 2.24) is 10.2 Å². The first-order chi connectivity index (χ1) is 13.0. The topological polar surface area (TPSA) is 50.8 Å². The number of hydrogen-bond acceptors (Lipinski definition) is 4. The smallest absolute Gasteiger partial charge is 0.414 e. The number of halogens is 2. The molecule has 1 unspecified atom stereocenters. The van der Waals surface area contributed by atoms with Gasteiger partial charge in [0.2, 0.25) is 0 Å². The highest BCUT2D eigenvalue weighted by Gasteiger charge is 2.14. The Hall–Kier alpha value is -2.31. The lowest BCUT2D eigenvalue weighted by molar-refractivity contribution is 0.172. The summed E-state index contributed by atoms with van der Waals surface area (Å²) in [6, 6.07) is 13.5. The van der Waals surface area contributed by atoms with E-state index < -0.39 is 6.09 Å². The summed E-state index contributed by atoms with van der Waals surface area (Å²) in [5.74, 6) is 0.863. The van der Waals surface area contributed by atoms with Crippen molar-refractivity contribution in [3.05, 3.63) is 59.9 Å². The van der Waals surface area contributed by atoms with E-state index >= 15 is 0 Å². The number of hydrogen-bond donors (Lipinski definition) is 1. The van der Waals surface area contributed by atoms with Crippen LogP contribution < -0.4 is 14.8 Å². The van der Waals surface area contributed by atoms with E-state index in [1.807, 2.05) is 18.2 Å². The zero-order valence-electron chi connectivity index (χ0n) is 16.5. The minimum atomic E-state index is -0.412. The van der Waals surface area contributed by atoms with E-state index in [0.717, 1.165) is 24.9 Å². The molecule has 2 aromatic rings. The molecule has 2 aromatic carbocycles. The van der Waals surface area contributed by atoms with Gasteiger partial charge >= 0.3 is 6.09 Å². The molecule has 1 atom stereocenters. The first-order valence-corrected chi connectivity index (χ1v) is 9.10. The number of nitrogens with one attached hydrogen (secondary N) is 1. The predicted molar refractivity (Wildman–Crippen MR) is 111 cm³/mol. The van der Waals surface area contributed by atoms with Crippen molar-refractivity contribution in [1.29, 1.82) is 0 Å². The molecule has 5 nitrogen and oxygen atoms in total. The average Bonchev–Trinajstić information content (AvgIpc) is 2.66. The number of benzene rings is 2. The van der Waals surface area contributed by atoms with Crippen molar-refractivity contribution in [2.45, 2.75) is 25.8 Å². The molecule has 0 aromatic heterocycles. The van der Waals surface area contributed by atoms with Gasteiger partial charge in [0, 0.05) is 26.6 Å². The molecule has 0 aliphatic rings. The standard InChI is InChI=1S/C21H27FN2O3.ClH/c1-4-13-23-20(12-14-26-18-10-8-17(22)9-11-18)16-6-5-7-19(15-16)27-21(25)24(2)3;/h5-11,15,20,23H,4,12-14H2,1-3H3;1H. The highest BCUT2D eigenvalue weighted by atomic mass is 35.5. The number of amides is 1. The molecule has 7 heteroatoms. The van der Waals surface area contributed by atoms with Crippen molar-refractivity contribution in [3.8, 4) is 11.5 Å². The van der Waals surface area contributed by atoms with E-state index in [-0.39, 0.29) is 24.3 Å². The summed E-state index contributed by atoms with van der Waals surface area (Å²) in [6.07, 6.45) is 1.32. The van der Waals surface area contributed by atoms with Gasteiger partial charge in [-0.2, -0.15) is 0 Å². The van der Waals surface area contributed by atoms with Gasteiger partial charge in [-0.15, -0.1) is 12.4 Å². The third-order valence-corrected chi connectivity index (χ3v) is 3.96. The van der Waals surface area contributed by atoms with Gasteiger partial charge < -0.3 is 19.7 Å². The second-order valence-electron chi connectivity index (χ2n) is 6.43. The van der Waals surface area contributed by atoms with Gasteiger partial charge in [0.25, 0.3) is 0 Å². The van der Waals surface area contributed by atoms with Gasteiger partial charge in [-0.05, 0) is 54.9 Å². The molecule has 0 fully saturated rings. The van der Waals surface area contributed by atoms with Gasteiger partial charge in [0.05, 0.1) is 6.61 Å². The molecule has 0 aliphatic carbocycles. The van der Waals surface area contributed by atoms with Crippen LogP contribution in [0.25, 0.3) is 0 Å². The number of carbonyl (C=O) groups excluding carboxylic acids is 1. The molecule has 0 spiro atoms. The van der Waals surface area contributed by atoms with Crippen LogP contribution in [0.3, 0.4) is 0 Å². The summed E-state index contributed by atoms with van der Waals surface area (Å²) in [6.45, 7) is 3.45. The number of nitrogens with zero attached hydrogens (tertiary/aromatic N) is 1. The largest absolute Gasteiger partial charge is 0.494 e. The van der Waals surface area contributed by atoms with Crippen molar-refractivity contribution >= 4 is 18.5 Å². The fourth-order valence-corrected chi connectivity index (χ4v) is 2.52. The van der Waals surface area contributed by atoms with Gasteiger partial charge in [-0.1, -0.05) is 19.1 Å². The van der Waals surface area contributed by atoms with E-state index in [1.165, 1.54) is 17.0 Å². The Morgan fingerprint density at radius 1 is 1.14 bits per heavy atom. The maximum absolute atomic E-state index is 13.0. The molecule has 0 radical (unpaired) electrons. The quantitative estimate of drug-likeness (QED) is 0.644. The maximum atomic E-state index is 13.0. The van der Waals surface area contributed by atoms with Crippen LogP contribution in [0.4, 0.5) is 9.18 Å². The fourth-order valence-electron chi connectivity index (χ4n) is 2.52. The van der Waals surface area contributed by atoms with Gasteiger partial charge in [-0.3, -0.25) is 0 Å². The summed E-state index contributed by atoms with van der Waals surface area (Å²) >= 11 is 0. The normalized spacial score (nSPS) is 11.3. The molecule has 1 N–H and O–H groups in total. The molecule has 1 amide bonds. The maximum Gasteiger partial charge on any atom is 0.414 e. The highest BCUT2D eigenvalue weighted by Crippen LogP contribution is 2.23. The first-order valence-electron chi connectivity index (χ1n) is 9.10. The third-order valence-electron chi connectivity index (χ3n) is 3.96. The van der Waals surface area contributed by atoms with Crippen molar-refractivity contribution < 1.29 is 18.7 Å². The minimum absolute atomic E-state index is 0. The first kappa shape index (κ1) is 23.7. The molecule has 0 saturated carbocycles. The molecule has 0 bridgehead atoms. The lowest BCUT2D eigenvalue weighted by Crippen LogP contribution is -2.26. The van der Waals surface area contributed by atoms with Crippen LogP contribution >= 0.6 is 12.4 Å². The van der Waals surface area contributed by atoms with Crippen molar-refractivity contribution in [2.75, 3.05) is 27.2 Å². The Balaban J connectivity index is 0.00000392. The summed E-state index contributed by atoms with van der Waals surface area (Å²) in [7, 11) is 3.29. The van der Waals surface area contributed by atoms with Gasteiger partial charge in [0.1, 0.15) is 17.3 Å². The molecule has 28 heavy (non-hydrogen) atoms. The molecular formula is C21H28ClFN2O3. The van der Waals surface area contributed by atoms with Crippen molar-refractivity contribution in [2.24, 2.45) is 0 Å². The summed E-state index contributed by atoms with van der Waals surface area (Å²) < 4.78 is 24.0. The van der Waals surface area contributed by atoms with Gasteiger partial charge in [0.15, 0.2) is 0 Å². The minimum Gasteiger partial charge on any atom is -0.494 e. The van der Waals surface area contributed by atoms with E-state index in [4.69, 9.17) is 9.47 Å². The lowest BCUT2D eigenvalue weighted by Gasteiger charge is -2.20. The zero-order valence-corrected chi connectivity index (χ0v) is 17.3. The van der Waals surface area contributed by atoms with Crippen LogP contribution in [-0.2, 0) is 0 Å². The second kappa shape index (κ2) is 12.2. The third kappa shape index (κ3) is 7.74. The average molecular weight is 411 g/mol. The zero-order chi connectivity index (χ0) is 19.6.